The predicted molar refractivity (Wildman–Crippen MR) is 157 cm³/mol. The predicted octanol–water partition coefficient (Wildman–Crippen LogP) is 6.17. The first-order valence-electron chi connectivity index (χ1n) is 12.9. The zero-order chi connectivity index (χ0) is 28.8. The Balaban J connectivity index is 0.00000353. The molecule has 216 valence electrons. The number of aromatic carboxylic acids is 1. The molecular weight excluding hydrogens is 582 g/mol. The Morgan fingerprint density at radius 1 is 1.07 bits per heavy atom. The lowest BCUT2D eigenvalue weighted by Crippen LogP contribution is -2.06. The summed E-state index contributed by atoms with van der Waals surface area (Å²) in [6.45, 7) is 1.96. The smallest absolute Gasteiger partial charge is 0.355 e. The molecule has 2 heterocycles. The number of nitrogens with two attached hydrogens (primary N) is 1. The van der Waals surface area contributed by atoms with Gasteiger partial charge < -0.3 is 10.6 Å². The van der Waals surface area contributed by atoms with E-state index in [0.29, 0.717) is 27.5 Å². The average molecular weight is 609 g/mol. The van der Waals surface area contributed by atoms with Crippen molar-refractivity contribution in [2.75, 3.05) is 0 Å². The van der Waals surface area contributed by atoms with E-state index in [4.69, 9.17) is 10.2 Å². The number of aromatic nitrogens is 3. The summed E-state index contributed by atoms with van der Waals surface area (Å²) in [7, 11) is -2.33. The number of nitrogens with zero attached hydrogens (tertiary/aromatic N) is 3. The Morgan fingerprint density at radius 2 is 1.79 bits per heavy atom. The fourth-order valence-electron chi connectivity index (χ4n) is 4.92. The number of thiol groups is 1. The van der Waals surface area contributed by atoms with E-state index in [0.717, 1.165) is 35.2 Å². The van der Waals surface area contributed by atoms with Crippen LogP contribution in [0.5, 0.6) is 0 Å². The minimum Gasteiger partial charge on any atom is -0.870 e. The van der Waals surface area contributed by atoms with Crippen molar-refractivity contribution >= 4 is 28.3 Å². The van der Waals surface area contributed by atoms with E-state index in [1.165, 1.54) is 34.9 Å². The summed E-state index contributed by atoms with van der Waals surface area (Å²) < 4.78 is 43.2. The first kappa shape index (κ1) is 29.4. The van der Waals surface area contributed by atoms with Gasteiger partial charge in [0.2, 0.25) is 10.0 Å². The van der Waals surface area contributed by atoms with Gasteiger partial charge in [-0.15, -0.1) is 16.5 Å². The summed E-state index contributed by atoms with van der Waals surface area (Å²) in [4.78, 5) is 15.8. The van der Waals surface area contributed by atoms with Gasteiger partial charge in [0.25, 0.3) is 0 Å². The van der Waals surface area contributed by atoms with Crippen molar-refractivity contribution in [2.24, 2.45) is 5.14 Å². The molecule has 5 aromatic rings. The van der Waals surface area contributed by atoms with Crippen LogP contribution in [-0.2, 0) is 21.6 Å². The third-order valence-electron chi connectivity index (χ3n) is 7.11. The standard InChI is InChI=1S/C30H24F2N4O3S2.H2O/c1-16-2-5-18(6-3-16)21-14-20(9-10-23(21)31)27-22(12-17-4-11-26(41(33)39)24(32)13-17)28(19-7-8-19)36(35-27)30-34-25(15-40-30)29(37)38;/h2-6,9-11,13-15,19H,7-8,12H2,1H3,(H2,33,39)(H,37,38);1H2. The molecule has 1 fully saturated rings. The van der Waals surface area contributed by atoms with Crippen LogP contribution in [0.4, 0.5) is 8.78 Å². The van der Waals surface area contributed by atoms with Crippen LogP contribution in [0.25, 0.3) is 27.5 Å². The SMILES string of the molecule is Cc1ccc(-c2cc(-c3nn(-c4nc(C(=O)O)cs4)c(C4CC4)c3Cc3ccc([SH+](N)=O)c(F)c3)ccc2F)cc1.[OH-]. The third-order valence-corrected chi connectivity index (χ3v) is 8.77. The normalized spacial score (nSPS) is 13.5. The van der Waals surface area contributed by atoms with Crippen LogP contribution >= 0.6 is 11.3 Å². The summed E-state index contributed by atoms with van der Waals surface area (Å²) in [5.74, 6) is -2.01. The van der Waals surface area contributed by atoms with E-state index in [1.54, 1.807) is 22.9 Å². The average Bonchev–Trinajstić information content (AvgIpc) is 3.52. The van der Waals surface area contributed by atoms with Crippen LogP contribution in [-0.4, -0.2) is 31.3 Å². The van der Waals surface area contributed by atoms with Crippen molar-refractivity contribution in [3.63, 3.8) is 0 Å². The highest BCUT2D eigenvalue weighted by Gasteiger charge is 2.34. The molecular formula is C30H26F2N4O4S2. The molecule has 0 radical (unpaired) electrons. The van der Waals surface area contributed by atoms with Gasteiger partial charge in [0.05, 0.1) is 11.4 Å². The highest BCUT2D eigenvalue weighted by Crippen LogP contribution is 2.46. The Morgan fingerprint density at radius 3 is 2.40 bits per heavy atom. The molecule has 6 rings (SSSR count). The maximum Gasteiger partial charge on any atom is 0.355 e. The molecule has 0 amide bonds. The van der Waals surface area contributed by atoms with Crippen LogP contribution in [0, 0.1) is 18.6 Å². The van der Waals surface area contributed by atoms with Gasteiger partial charge in [-0.1, -0.05) is 40.1 Å². The minimum atomic E-state index is -2.33. The van der Waals surface area contributed by atoms with Crippen LogP contribution in [0.15, 0.2) is 70.9 Å². The zero-order valence-corrected chi connectivity index (χ0v) is 24.0. The van der Waals surface area contributed by atoms with Gasteiger partial charge in [-0.3, -0.25) is 0 Å². The Kier molecular flexibility index (Phi) is 8.15. The van der Waals surface area contributed by atoms with Crippen molar-refractivity contribution in [3.05, 3.63) is 106 Å². The van der Waals surface area contributed by atoms with Crippen molar-refractivity contribution in [1.29, 1.82) is 0 Å². The summed E-state index contributed by atoms with van der Waals surface area (Å²) in [6, 6.07) is 16.8. The Hall–Kier alpha value is -4.10. The number of halogens is 2. The quantitative estimate of drug-likeness (QED) is 0.159. The van der Waals surface area contributed by atoms with E-state index in [-0.39, 0.29) is 34.2 Å². The maximum absolute atomic E-state index is 15.1. The molecule has 4 N–H and O–H groups in total. The molecule has 8 nitrogen and oxygen atoms in total. The van der Waals surface area contributed by atoms with Crippen LogP contribution in [0.1, 0.15) is 51.6 Å². The van der Waals surface area contributed by atoms with Crippen molar-refractivity contribution < 1.29 is 28.4 Å². The van der Waals surface area contributed by atoms with Crippen molar-refractivity contribution in [1.82, 2.24) is 14.8 Å². The van der Waals surface area contributed by atoms with E-state index < -0.39 is 22.8 Å². The van der Waals surface area contributed by atoms with Crippen molar-refractivity contribution in [2.45, 2.75) is 37.0 Å². The number of aryl methyl sites for hydroxylation is 1. The number of carboxylic acid groups (broad SMARTS) is 1. The van der Waals surface area contributed by atoms with Gasteiger partial charge in [-0.05, 0) is 61.2 Å². The zero-order valence-electron chi connectivity index (χ0n) is 22.3. The Bertz CT molecular complexity index is 1830. The molecule has 1 aliphatic carbocycles. The largest absolute Gasteiger partial charge is 0.870 e. The van der Waals surface area contributed by atoms with E-state index in [1.807, 2.05) is 31.2 Å². The molecule has 12 heteroatoms. The third kappa shape index (κ3) is 5.66. The minimum absolute atomic E-state index is 0. The number of benzene rings is 3. The molecule has 42 heavy (non-hydrogen) atoms. The molecule has 0 saturated heterocycles. The molecule has 1 saturated carbocycles. The number of thiazole rings is 1. The molecule has 0 spiro atoms. The van der Waals surface area contributed by atoms with Gasteiger partial charge >= 0.3 is 5.97 Å². The lowest BCUT2D eigenvalue weighted by Gasteiger charge is -2.10. The van der Waals surface area contributed by atoms with Gasteiger partial charge in [0.15, 0.2) is 22.5 Å². The monoisotopic (exact) mass is 608 g/mol. The number of carbonyl (C=O) groups is 1. The number of carboxylic acids is 1. The first-order valence-corrected chi connectivity index (χ1v) is 15.1. The highest BCUT2D eigenvalue weighted by atomic mass is 32.2. The second kappa shape index (κ2) is 11.6. The van der Waals surface area contributed by atoms with Gasteiger partial charge in [-0.25, -0.2) is 23.2 Å². The lowest BCUT2D eigenvalue weighted by atomic mass is 9.95. The van der Waals surface area contributed by atoms with E-state index in [9.17, 15) is 18.5 Å². The molecule has 2 aromatic heterocycles. The highest BCUT2D eigenvalue weighted by molar-refractivity contribution is 7.82. The van der Waals surface area contributed by atoms with Gasteiger partial charge in [0.1, 0.15) is 5.82 Å². The molecule has 3 aromatic carbocycles. The fourth-order valence-corrected chi connectivity index (χ4v) is 6.18. The summed E-state index contributed by atoms with van der Waals surface area (Å²) >= 11 is 1.17. The number of hydrogen-bond acceptors (Lipinski definition) is 6. The second-order valence-electron chi connectivity index (χ2n) is 10.1. The molecule has 1 atom stereocenters. The molecule has 0 bridgehead atoms. The molecule has 0 aliphatic heterocycles. The second-order valence-corrected chi connectivity index (χ2v) is 12.0. The van der Waals surface area contributed by atoms with Crippen LogP contribution in [0.2, 0.25) is 0 Å². The van der Waals surface area contributed by atoms with Crippen LogP contribution < -0.4 is 5.14 Å². The Labute approximate surface area is 246 Å². The summed E-state index contributed by atoms with van der Waals surface area (Å²) in [6.07, 6.45) is 2.11. The van der Waals surface area contributed by atoms with Gasteiger partial charge in [0, 0.05) is 34.4 Å². The molecule has 1 aliphatic rings. The summed E-state index contributed by atoms with van der Waals surface area (Å²) in [5.41, 5.74) is 5.64. The number of hydrogen-bond donors (Lipinski definition) is 2. The first-order chi connectivity index (χ1) is 19.7. The number of rotatable bonds is 8. The lowest BCUT2D eigenvalue weighted by molar-refractivity contribution is 0.0691. The van der Waals surface area contributed by atoms with Gasteiger partial charge in [-0.2, -0.15) is 5.10 Å². The molecule has 1 unspecified atom stereocenters. The van der Waals surface area contributed by atoms with E-state index >= 15 is 4.39 Å². The maximum atomic E-state index is 15.1. The van der Waals surface area contributed by atoms with Crippen LogP contribution in [0.3, 0.4) is 0 Å². The fraction of sp³-hybridized carbons (Fsp3) is 0.167. The van der Waals surface area contributed by atoms with Crippen molar-refractivity contribution in [3.8, 4) is 27.5 Å². The summed E-state index contributed by atoms with van der Waals surface area (Å²) in [5, 5.41) is 21.7. The topological polar surface area (TPSA) is 141 Å². The van der Waals surface area contributed by atoms with E-state index in [2.05, 4.69) is 4.98 Å².